The van der Waals surface area contributed by atoms with Gasteiger partial charge in [-0.25, -0.2) is 9.97 Å². The number of methoxy groups -OCH3 is 1. The Morgan fingerprint density at radius 1 is 1.24 bits per heavy atom. The molecule has 1 aliphatic carbocycles. The second-order valence-electron chi connectivity index (χ2n) is 7.73. The van der Waals surface area contributed by atoms with E-state index in [9.17, 15) is 0 Å². The van der Waals surface area contributed by atoms with Crippen molar-refractivity contribution in [3.63, 3.8) is 0 Å². The molecule has 0 radical (unpaired) electrons. The Hall–Kier alpha value is -1.40. The van der Waals surface area contributed by atoms with Gasteiger partial charge in [-0.1, -0.05) is 6.42 Å². The average Bonchev–Trinajstić information content (AvgIpc) is 2.96. The number of ether oxygens (including phenoxy) is 1. The van der Waals surface area contributed by atoms with Crippen molar-refractivity contribution >= 4 is 11.6 Å². The molecule has 0 bridgehead atoms. The molecule has 2 atom stereocenters. The van der Waals surface area contributed by atoms with Gasteiger partial charge in [-0.05, 0) is 46.2 Å². The quantitative estimate of drug-likeness (QED) is 0.719. The lowest BCUT2D eigenvalue weighted by Crippen LogP contribution is -2.38. The molecule has 0 unspecified atom stereocenters. The summed E-state index contributed by atoms with van der Waals surface area (Å²) in [5.41, 5.74) is 0. The van der Waals surface area contributed by atoms with E-state index in [0.717, 1.165) is 50.2 Å². The summed E-state index contributed by atoms with van der Waals surface area (Å²) in [6.45, 7) is 6.24. The topological polar surface area (TPSA) is 44.7 Å². The van der Waals surface area contributed by atoms with Crippen LogP contribution in [0.25, 0.3) is 0 Å². The molecule has 1 aromatic heterocycles. The van der Waals surface area contributed by atoms with Crippen LogP contribution in [-0.2, 0) is 4.74 Å². The molecule has 1 saturated carbocycles. The van der Waals surface area contributed by atoms with Crippen LogP contribution in [0.15, 0.2) is 12.4 Å². The van der Waals surface area contributed by atoms with Crippen LogP contribution in [0.4, 0.5) is 11.6 Å². The maximum absolute atomic E-state index is 5.63. The van der Waals surface area contributed by atoms with Crippen LogP contribution in [0.5, 0.6) is 0 Å². The maximum atomic E-state index is 5.63. The second kappa shape index (κ2) is 8.32. The van der Waals surface area contributed by atoms with Crippen molar-refractivity contribution in [2.24, 2.45) is 5.92 Å². The van der Waals surface area contributed by atoms with Crippen LogP contribution in [0.1, 0.15) is 32.6 Å². The number of nitrogens with zero attached hydrogens (tertiary/aromatic N) is 5. The van der Waals surface area contributed by atoms with E-state index in [1.165, 1.54) is 19.3 Å². The zero-order valence-corrected chi connectivity index (χ0v) is 16.2. The number of rotatable bonds is 8. The molecule has 0 N–H and O–H groups in total. The molecule has 1 saturated heterocycles. The van der Waals surface area contributed by atoms with Gasteiger partial charge in [0.1, 0.15) is 18.0 Å². The maximum Gasteiger partial charge on any atom is 0.134 e. The molecule has 1 aromatic rings. The molecule has 6 nitrogen and oxygen atoms in total. The van der Waals surface area contributed by atoms with Gasteiger partial charge in [0.2, 0.25) is 0 Å². The molecule has 2 aliphatic rings. The van der Waals surface area contributed by atoms with E-state index in [4.69, 9.17) is 4.74 Å². The number of aromatic nitrogens is 2. The van der Waals surface area contributed by atoms with Crippen LogP contribution < -0.4 is 9.80 Å². The van der Waals surface area contributed by atoms with Crippen molar-refractivity contribution in [2.75, 3.05) is 57.2 Å². The number of hydrogen-bond donors (Lipinski definition) is 0. The first kappa shape index (κ1) is 18.4. The number of likely N-dealkylation sites (N-methyl/N-ethyl adjacent to an activating group) is 1. The van der Waals surface area contributed by atoms with Gasteiger partial charge in [-0.15, -0.1) is 0 Å². The zero-order valence-electron chi connectivity index (χ0n) is 16.2. The first-order valence-corrected chi connectivity index (χ1v) is 9.61. The van der Waals surface area contributed by atoms with Gasteiger partial charge >= 0.3 is 0 Å². The fourth-order valence-electron chi connectivity index (χ4n) is 3.96. The molecule has 3 rings (SSSR count). The van der Waals surface area contributed by atoms with Gasteiger partial charge < -0.3 is 19.4 Å². The SMILES string of the molecule is CCN(CC1CCC1)c1cc(N2C[C@@H](OC)C[C@H]2CN(C)C)ncn1. The van der Waals surface area contributed by atoms with E-state index in [-0.39, 0.29) is 6.10 Å². The van der Waals surface area contributed by atoms with E-state index in [0.29, 0.717) is 6.04 Å². The molecule has 0 amide bonds. The fourth-order valence-corrected chi connectivity index (χ4v) is 3.96. The summed E-state index contributed by atoms with van der Waals surface area (Å²) >= 11 is 0. The van der Waals surface area contributed by atoms with Gasteiger partial charge in [0, 0.05) is 45.4 Å². The molecule has 0 aromatic carbocycles. The summed E-state index contributed by atoms with van der Waals surface area (Å²) in [6.07, 6.45) is 7.16. The Bertz CT molecular complexity index is 548. The highest BCUT2D eigenvalue weighted by Gasteiger charge is 2.33. The molecule has 6 heteroatoms. The number of hydrogen-bond acceptors (Lipinski definition) is 6. The standard InChI is InChI=1S/C19H33N5O/c1-5-23(11-15-7-6-8-15)18-10-19(21-14-20-18)24-13-17(25-4)9-16(24)12-22(2)3/h10,14-17H,5-9,11-13H2,1-4H3/t16-,17-/m0/s1. The third-order valence-corrected chi connectivity index (χ3v) is 5.63. The van der Waals surface area contributed by atoms with Crippen LogP contribution >= 0.6 is 0 Å². The summed E-state index contributed by atoms with van der Waals surface area (Å²) in [4.78, 5) is 16.2. The van der Waals surface area contributed by atoms with Gasteiger partial charge in [0.05, 0.1) is 6.10 Å². The molecular formula is C19H33N5O. The average molecular weight is 348 g/mol. The summed E-state index contributed by atoms with van der Waals surface area (Å²) in [5, 5.41) is 0. The predicted molar refractivity (Wildman–Crippen MR) is 102 cm³/mol. The van der Waals surface area contributed by atoms with Gasteiger partial charge in [-0.3, -0.25) is 0 Å². The minimum absolute atomic E-state index is 0.278. The van der Waals surface area contributed by atoms with Crippen LogP contribution in [0.2, 0.25) is 0 Å². The number of anilines is 2. The first-order chi connectivity index (χ1) is 12.1. The normalized spacial score (nSPS) is 24.0. The van der Waals surface area contributed by atoms with E-state index >= 15 is 0 Å². The van der Waals surface area contributed by atoms with E-state index in [1.807, 2.05) is 7.11 Å². The fraction of sp³-hybridized carbons (Fsp3) is 0.789. The largest absolute Gasteiger partial charge is 0.380 e. The lowest BCUT2D eigenvalue weighted by molar-refractivity contribution is 0.117. The summed E-state index contributed by atoms with van der Waals surface area (Å²) in [5.74, 6) is 2.93. The van der Waals surface area contributed by atoms with Crippen molar-refractivity contribution in [2.45, 2.75) is 44.8 Å². The molecular weight excluding hydrogens is 314 g/mol. The lowest BCUT2D eigenvalue weighted by atomic mass is 9.85. The minimum Gasteiger partial charge on any atom is -0.380 e. The van der Waals surface area contributed by atoms with Crippen LogP contribution in [0, 0.1) is 5.92 Å². The van der Waals surface area contributed by atoms with Gasteiger partial charge in [0.25, 0.3) is 0 Å². The summed E-state index contributed by atoms with van der Waals surface area (Å²) in [6, 6.07) is 2.60. The Kier molecular flexibility index (Phi) is 6.12. The van der Waals surface area contributed by atoms with Crippen molar-refractivity contribution in [3.05, 3.63) is 12.4 Å². The zero-order chi connectivity index (χ0) is 17.8. The van der Waals surface area contributed by atoms with Crippen molar-refractivity contribution in [3.8, 4) is 0 Å². The van der Waals surface area contributed by atoms with Crippen LogP contribution in [0.3, 0.4) is 0 Å². The highest BCUT2D eigenvalue weighted by molar-refractivity contribution is 5.51. The molecule has 2 fully saturated rings. The Balaban J connectivity index is 1.76. The lowest BCUT2D eigenvalue weighted by Gasteiger charge is -2.33. The monoisotopic (exact) mass is 347 g/mol. The van der Waals surface area contributed by atoms with Crippen molar-refractivity contribution < 1.29 is 4.74 Å². The molecule has 2 heterocycles. The highest BCUT2D eigenvalue weighted by atomic mass is 16.5. The van der Waals surface area contributed by atoms with E-state index in [2.05, 4.69) is 51.8 Å². The van der Waals surface area contributed by atoms with E-state index < -0.39 is 0 Å². The molecule has 0 spiro atoms. The van der Waals surface area contributed by atoms with E-state index in [1.54, 1.807) is 6.33 Å². The third-order valence-electron chi connectivity index (χ3n) is 5.63. The summed E-state index contributed by atoms with van der Waals surface area (Å²) < 4.78 is 5.63. The molecule has 25 heavy (non-hydrogen) atoms. The van der Waals surface area contributed by atoms with Gasteiger partial charge in [-0.2, -0.15) is 0 Å². The molecule has 140 valence electrons. The Labute approximate surface area is 152 Å². The molecule has 1 aliphatic heterocycles. The predicted octanol–water partition coefficient (Wildman–Crippen LogP) is 2.26. The Morgan fingerprint density at radius 2 is 2.04 bits per heavy atom. The Morgan fingerprint density at radius 3 is 2.64 bits per heavy atom. The highest BCUT2D eigenvalue weighted by Crippen LogP contribution is 2.30. The van der Waals surface area contributed by atoms with Crippen LogP contribution in [-0.4, -0.2) is 74.4 Å². The first-order valence-electron chi connectivity index (χ1n) is 9.61. The third kappa shape index (κ3) is 4.42. The summed E-state index contributed by atoms with van der Waals surface area (Å²) in [7, 11) is 6.06. The minimum atomic E-state index is 0.278. The van der Waals surface area contributed by atoms with Crippen molar-refractivity contribution in [1.29, 1.82) is 0 Å². The smallest absolute Gasteiger partial charge is 0.134 e. The van der Waals surface area contributed by atoms with Gasteiger partial charge in [0.15, 0.2) is 0 Å². The second-order valence-corrected chi connectivity index (χ2v) is 7.73. The van der Waals surface area contributed by atoms with Crippen molar-refractivity contribution in [1.82, 2.24) is 14.9 Å².